The zero-order valence-electron chi connectivity index (χ0n) is 19.3. The number of hydrogen-bond donors (Lipinski definition) is 0. The van der Waals surface area contributed by atoms with Crippen molar-refractivity contribution in [1.82, 2.24) is 9.97 Å². The fourth-order valence-corrected chi connectivity index (χ4v) is 4.75. The average molecular weight is 461 g/mol. The van der Waals surface area contributed by atoms with E-state index in [0.717, 1.165) is 66.9 Å². The third-order valence-electron chi connectivity index (χ3n) is 6.51. The maximum Gasteiger partial charge on any atom is 0.0819 e. The number of pyridine rings is 2. The van der Waals surface area contributed by atoms with E-state index in [-0.39, 0.29) is 0 Å². The Morgan fingerprint density at radius 1 is 0.417 bits per heavy atom. The molecule has 36 heavy (non-hydrogen) atoms. The van der Waals surface area contributed by atoms with Gasteiger partial charge in [-0.2, -0.15) is 0 Å². The van der Waals surface area contributed by atoms with Crippen molar-refractivity contribution in [1.29, 1.82) is 0 Å². The largest absolute Gasteiger partial charge is 0.256 e. The van der Waals surface area contributed by atoms with E-state index in [1.54, 1.807) is 0 Å². The van der Waals surface area contributed by atoms with Crippen molar-refractivity contribution in [3.63, 3.8) is 0 Å². The lowest BCUT2D eigenvalue weighted by atomic mass is 9.96. The molecule has 0 N–H and O–H groups in total. The fraction of sp³-hybridized carbons (Fsp3) is 0. The van der Waals surface area contributed by atoms with Gasteiger partial charge in [-0.05, 0) is 36.4 Å². The van der Waals surface area contributed by atoms with E-state index < -0.39 is 0 Å². The Labute approximate surface area is 208 Å². The number of nitrogens with zero attached hydrogens (tertiary/aromatic N) is 4. The summed E-state index contributed by atoms with van der Waals surface area (Å²) in [5.74, 6) is 0. The van der Waals surface area contributed by atoms with Crippen LogP contribution in [0.3, 0.4) is 0 Å². The molecule has 1 aliphatic heterocycles. The number of aliphatic imine (C=N–C) groups is 2. The van der Waals surface area contributed by atoms with Crippen LogP contribution < -0.4 is 0 Å². The molecule has 168 valence electrons. The number of aromatic nitrogens is 2. The summed E-state index contributed by atoms with van der Waals surface area (Å²) in [7, 11) is 0. The molecule has 2 aromatic heterocycles. The van der Waals surface area contributed by atoms with Crippen LogP contribution >= 0.6 is 0 Å². The van der Waals surface area contributed by atoms with Crippen LogP contribution in [0.4, 0.5) is 11.4 Å². The molecule has 4 aromatic carbocycles. The molecule has 0 fully saturated rings. The molecular formula is C32H20N4. The van der Waals surface area contributed by atoms with Crippen molar-refractivity contribution in [2.45, 2.75) is 0 Å². The molecule has 0 unspecified atom stereocenters. The molecule has 0 amide bonds. The van der Waals surface area contributed by atoms with Gasteiger partial charge in [0, 0.05) is 45.4 Å². The highest BCUT2D eigenvalue weighted by molar-refractivity contribution is 6.23. The second-order valence-corrected chi connectivity index (χ2v) is 8.79. The van der Waals surface area contributed by atoms with Crippen LogP contribution in [0, 0.1) is 0 Å². The SMILES string of the molecule is c1ccc2c(c1)/N=C(/c1cnc3ccccc3c1)c1ccccc1/N=C\2c1cnc2ccccc2c1. The summed E-state index contributed by atoms with van der Waals surface area (Å²) in [6, 6.07) is 36.9. The molecule has 0 spiro atoms. The van der Waals surface area contributed by atoms with Crippen molar-refractivity contribution in [3.8, 4) is 0 Å². The highest BCUT2D eigenvalue weighted by Crippen LogP contribution is 2.33. The Bertz CT molecular complexity index is 1710. The molecule has 3 heterocycles. The number of fused-ring (bicyclic) bond motifs is 4. The molecule has 0 radical (unpaired) electrons. The van der Waals surface area contributed by atoms with Crippen molar-refractivity contribution >= 4 is 44.6 Å². The van der Waals surface area contributed by atoms with Gasteiger partial charge < -0.3 is 0 Å². The van der Waals surface area contributed by atoms with Gasteiger partial charge in [0.15, 0.2) is 0 Å². The van der Waals surface area contributed by atoms with Crippen molar-refractivity contribution in [3.05, 3.63) is 144 Å². The molecule has 0 saturated heterocycles. The van der Waals surface area contributed by atoms with E-state index in [0.29, 0.717) is 0 Å². The van der Waals surface area contributed by atoms with E-state index in [4.69, 9.17) is 20.0 Å². The summed E-state index contributed by atoms with van der Waals surface area (Å²) in [5.41, 5.74) is 9.22. The molecule has 0 saturated carbocycles. The monoisotopic (exact) mass is 460 g/mol. The lowest BCUT2D eigenvalue weighted by Gasteiger charge is -2.18. The van der Waals surface area contributed by atoms with Gasteiger partial charge in [-0.25, -0.2) is 9.98 Å². The minimum absolute atomic E-state index is 0.857. The Balaban J connectivity index is 1.48. The zero-order valence-corrected chi connectivity index (χ0v) is 19.3. The normalized spacial score (nSPS) is 15.7. The van der Waals surface area contributed by atoms with Gasteiger partial charge in [0.2, 0.25) is 0 Å². The van der Waals surface area contributed by atoms with Crippen LogP contribution in [0.2, 0.25) is 0 Å². The summed E-state index contributed by atoms with van der Waals surface area (Å²) in [6.45, 7) is 0. The van der Waals surface area contributed by atoms with E-state index in [2.05, 4.69) is 36.4 Å². The van der Waals surface area contributed by atoms with Gasteiger partial charge in [-0.3, -0.25) is 9.97 Å². The maximum absolute atomic E-state index is 5.23. The standard InChI is InChI=1S/C32H20N4/c1-5-13-27-21(9-1)17-23(19-33-27)31-25-11-3-7-15-29(25)36-32(26-12-4-8-16-30(26)35-31)24-18-22-10-2-6-14-28(22)34-20-24/h1-20H/b31-25?,32-26?,35-30?,35-31-,36-29?,36-32-. The first kappa shape index (κ1) is 20.4. The fourth-order valence-electron chi connectivity index (χ4n) is 4.75. The van der Waals surface area contributed by atoms with Crippen LogP contribution in [0.1, 0.15) is 22.3 Å². The van der Waals surface area contributed by atoms with Crippen molar-refractivity contribution < 1.29 is 0 Å². The average Bonchev–Trinajstić information content (AvgIpc) is 2.94. The number of para-hydroxylation sites is 4. The minimum atomic E-state index is 0.857. The number of benzene rings is 4. The highest BCUT2D eigenvalue weighted by atomic mass is 14.8. The Morgan fingerprint density at radius 2 is 0.833 bits per heavy atom. The second-order valence-electron chi connectivity index (χ2n) is 8.79. The molecule has 7 rings (SSSR count). The van der Waals surface area contributed by atoms with Gasteiger partial charge >= 0.3 is 0 Å². The summed E-state index contributed by atoms with van der Waals surface area (Å²) in [5, 5.41) is 2.16. The Hall–Kier alpha value is -4.96. The summed E-state index contributed by atoms with van der Waals surface area (Å²) < 4.78 is 0. The highest BCUT2D eigenvalue weighted by Gasteiger charge is 2.20. The topological polar surface area (TPSA) is 50.5 Å². The van der Waals surface area contributed by atoms with Gasteiger partial charge in [0.1, 0.15) is 0 Å². The van der Waals surface area contributed by atoms with E-state index in [9.17, 15) is 0 Å². The van der Waals surface area contributed by atoms with Crippen molar-refractivity contribution in [2.75, 3.05) is 0 Å². The molecule has 6 aromatic rings. The first-order valence-electron chi connectivity index (χ1n) is 11.9. The molecular weight excluding hydrogens is 440 g/mol. The molecule has 4 heteroatoms. The smallest absolute Gasteiger partial charge is 0.0819 e. The minimum Gasteiger partial charge on any atom is -0.256 e. The second kappa shape index (κ2) is 8.36. The number of rotatable bonds is 2. The van der Waals surface area contributed by atoms with Crippen LogP contribution in [-0.4, -0.2) is 21.4 Å². The van der Waals surface area contributed by atoms with E-state index >= 15 is 0 Å². The molecule has 0 aliphatic carbocycles. The zero-order chi connectivity index (χ0) is 23.9. The summed E-state index contributed by atoms with van der Waals surface area (Å²) in [6.07, 6.45) is 3.81. The van der Waals surface area contributed by atoms with Crippen LogP contribution in [0.15, 0.2) is 132 Å². The van der Waals surface area contributed by atoms with E-state index in [1.807, 2.05) is 85.2 Å². The van der Waals surface area contributed by atoms with Gasteiger partial charge in [0.25, 0.3) is 0 Å². The predicted molar refractivity (Wildman–Crippen MR) is 147 cm³/mol. The molecule has 4 nitrogen and oxygen atoms in total. The maximum atomic E-state index is 5.23. The lowest BCUT2D eigenvalue weighted by Crippen LogP contribution is -2.10. The Morgan fingerprint density at radius 3 is 1.33 bits per heavy atom. The van der Waals surface area contributed by atoms with Gasteiger partial charge in [0.05, 0.1) is 33.8 Å². The van der Waals surface area contributed by atoms with Crippen molar-refractivity contribution in [2.24, 2.45) is 9.98 Å². The molecule has 0 atom stereocenters. The third-order valence-corrected chi connectivity index (χ3v) is 6.51. The predicted octanol–water partition coefficient (Wildman–Crippen LogP) is 7.43. The molecule has 0 bridgehead atoms. The van der Waals surface area contributed by atoms with Gasteiger partial charge in [-0.1, -0.05) is 72.8 Å². The summed E-state index contributed by atoms with van der Waals surface area (Å²) in [4.78, 5) is 19.9. The van der Waals surface area contributed by atoms with Crippen LogP contribution in [0.5, 0.6) is 0 Å². The Kier molecular flexibility index (Phi) is 4.74. The van der Waals surface area contributed by atoms with E-state index in [1.165, 1.54) is 0 Å². The third kappa shape index (κ3) is 3.48. The van der Waals surface area contributed by atoms with Crippen LogP contribution in [-0.2, 0) is 0 Å². The van der Waals surface area contributed by atoms with Crippen LogP contribution in [0.25, 0.3) is 21.8 Å². The molecule has 1 aliphatic rings. The lowest BCUT2D eigenvalue weighted by molar-refractivity contribution is 1.35. The van der Waals surface area contributed by atoms with Gasteiger partial charge in [-0.15, -0.1) is 0 Å². The first-order chi connectivity index (χ1) is 17.8. The quantitative estimate of drug-likeness (QED) is 0.269. The number of hydrogen-bond acceptors (Lipinski definition) is 4. The first-order valence-corrected chi connectivity index (χ1v) is 11.9. The summed E-state index contributed by atoms with van der Waals surface area (Å²) >= 11 is 0.